The number of anilines is 2. The number of hydrogen-bond donors (Lipinski definition) is 2. The fourth-order valence-corrected chi connectivity index (χ4v) is 5.28. The number of thioether (sulfide) groups is 1. The van der Waals surface area contributed by atoms with Crippen molar-refractivity contribution in [1.29, 1.82) is 0 Å². The van der Waals surface area contributed by atoms with Crippen molar-refractivity contribution in [2.75, 3.05) is 16.8 Å². The van der Waals surface area contributed by atoms with Gasteiger partial charge in [0.25, 0.3) is 0 Å². The largest absolute Gasteiger partial charge is 0.416 e. The van der Waals surface area contributed by atoms with Gasteiger partial charge >= 0.3 is 6.18 Å². The molecule has 1 aromatic carbocycles. The second kappa shape index (κ2) is 7.83. The molecular weight excluding hydrogens is 421 g/mol. The van der Waals surface area contributed by atoms with E-state index in [0.717, 1.165) is 53.4 Å². The molecule has 0 unspecified atom stereocenters. The SMILES string of the molecule is Nc1nc(SCC(=O)Nc2ccc(C(F)(F)F)cc2)nc2sc3c(c12)CCCC3. The van der Waals surface area contributed by atoms with Gasteiger partial charge in [-0.05, 0) is 55.5 Å². The Morgan fingerprint density at radius 1 is 1.17 bits per heavy atom. The molecule has 2 heterocycles. The fraction of sp³-hybridized carbons (Fsp3) is 0.316. The van der Waals surface area contributed by atoms with E-state index in [-0.39, 0.29) is 11.7 Å². The third kappa shape index (κ3) is 4.32. The van der Waals surface area contributed by atoms with Crippen LogP contribution in [0.2, 0.25) is 0 Å². The molecule has 0 aliphatic heterocycles. The summed E-state index contributed by atoms with van der Waals surface area (Å²) in [5.74, 6) is 0.0967. The number of fused-ring (bicyclic) bond motifs is 3. The highest BCUT2D eigenvalue weighted by Gasteiger charge is 2.30. The van der Waals surface area contributed by atoms with Gasteiger partial charge in [-0.2, -0.15) is 13.2 Å². The predicted molar refractivity (Wildman–Crippen MR) is 109 cm³/mol. The molecule has 0 saturated carbocycles. The molecule has 0 radical (unpaired) electrons. The molecule has 3 aromatic rings. The Labute approximate surface area is 172 Å². The van der Waals surface area contributed by atoms with E-state index in [4.69, 9.17) is 5.73 Å². The van der Waals surface area contributed by atoms with Crippen molar-refractivity contribution in [2.24, 2.45) is 0 Å². The molecule has 3 N–H and O–H groups in total. The second-order valence-corrected chi connectivity index (χ2v) is 8.72. The number of nitrogens with zero attached hydrogens (tertiary/aromatic N) is 2. The number of carbonyl (C=O) groups excluding carboxylic acids is 1. The Morgan fingerprint density at radius 3 is 2.62 bits per heavy atom. The number of benzene rings is 1. The maximum absolute atomic E-state index is 12.6. The summed E-state index contributed by atoms with van der Waals surface area (Å²) in [6.07, 6.45) is -0.0776. The van der Waals surface area contributed by atoms with Gasteiger partial charge < -0.3 is 11.1 Å². The van der Waals surface area contributed by atoms with E-state index in [9.17, 15) is 18.0 Å². The van der Waals surface area contributed by atoms with Crippen LogP contribution in [-0.2, 0) is 23.8 Å². The molecule has 0 bridgehead atoms. The highest BCUT2D eigenvalue weighted by atomic mass is 32.2. The molecule has 4 rings (SSSR count). The molecule has 0 atom stereocenters. The van der Waals surface area contributed by atoms with E-state index in [1.165, 1.54) is 29.0 Å². The number of alkyl halides is 3. The maximum Gasteiger partial charge on any atom is 0.416 e. The van der Waals surface area contributed by atoms with E-state index in [1.54, 1.807) is 11.3 Å². The average Bonchev–Trinajstić information content (AvgIpc) is 3.05. The lowest BCUT2D eigenvalue weighted by molar-refractivity contribution is -0.137. The summed E-state index contributed by atoms with van der Waals surface area (Å²) in [5, 5.41) is 3.92. The van der Waals surface area contributed by atoms with Crippen LogP contribution in [0.5, 0.6) is 0 Å². The van der Waals surface area contributed by atoms with Crippen molar-refractivity contribution in [3.05, 3.63) is 40.3 Å². The molecule has 2 aromatic heterocycles. The fourth-order valence-electron chi connectivity index (χ4n) is 3.30. The molecule has 0 saturated heterocycles. The zero-order chi connectivity index (χ0) is 20.6. The number of amides is 1. The Balaban J connectivity index is 1.42. The van der Waals surface area contributed by atoms with Crippen molar-refractivity contribution in [2.45, 2.75) is 37.0 Å². The van der Waals surface area contributed by atoms with Gasteiger partial charge in [-0.15, -0.1) is 11.3 Å². The minimum Gasteiger partial charge on any atom is -0.383 e. The Bertz CT molecular complexity index is 1060. The van der Waals surface area contributed by atoms with Crippen LogP contribution in [0.4, 0.5) is 24.7 Å². The van der Waals surface area contributed by atoms with Crippen LogP contribution in [0.15, 0.2) is 29.4 Å². The standard InChI is InChI=1S/C19H17F3N4OS2/c20-19(21,22)10-5-7-11(8-6-10)24-14(27)9-28-18-25-16(23)15-12-3-1-2-4-13(12)29-17(15)26-18/h5-8H,1-4,9H2,(H,24,27)(H2,23,25,26). The number of rotatable bonds is 4. The lowest BCUT2D eigenvalue weighted by Crippen LogP contribution is -2.14. The predicted octanol–water partition coefficient (Wildman–Crippen LogP) is 4.90. The quantitative estimate of drug-likeness (QED) is 0.447. The van der Waals surface area contributed by atoms with Crippen LogP contribution >= 0.6 is 23.1 Å². The van der Waals surface area contributed by atoms with Crippen molar-refractivity contribution in [3.63, 3.8) is 0 Å². The summed E-state index contributed by atoms with van der Waals surface area (Å²) < 4.78 is 37.8. The van der Waals surface area contributed by atoms with Gasteiger partial charge in [-0.1, -0.05) is 11.8 Å². The van der Waals surface area contributed by atoms with E-state index >= 15 is 0 Å². The topological polar surface area (TPSA) is 80.9 Å². The van der Waals surface area contributed by atoms with Crippen LogP contribution in [0.25, 0.3) is 10.2 Å². The highest BCUT2D eigenvalue weighted by Crippen LogP contribution is 2.38. The number of nitrogen functional groups attached to an aromatic ring is 1. The molecule has 5 nitrogen and oxygen atoms in total. The molecule has 1 aliphatic carbocycles. The van der Waals surface area contributed by atoms with Crippen LogP contribution in [0.3, 0.4) is 0 Å². The molecule has 29 heavy (non-hydrogen) atoms. The summed E-state index contributed by atoms with van der Waals surface area (Å²) in [6, 6.07) is 4.31. The minimum absolute atomic E-state index is 0.0249. The van der Waals surface area contributed by atoms with Crippen LogP contribution < -0.4 is 11.1 Å². The molecule has 0 fully saturated rings. The second-order valence-electron chi connectivity index (χ2n) is 6.69. The van der Waals surface area contributed by atoms with E-state index in [2.05, 4.69) is 15.3 Å². The molecule has 1 amide bonds. The summed E-state index contributed by atoms with van der Waals surface area (Å²) in [5.41, 5.74) is 6.94. The lowest BCUT2D eigenvalue weighted by atomic mass is 9.97. The Kier molecular flexibility index (Phi) is 5.39. The number of thiophene rings is 1. The smallest absolute Gasteiger partial charge is 0.383 e. The Hall–Kier alpha value is -2.33. The number of aryl methyl sites for hydroxylation is 2. The van der Waals surface area contributed by atoms with Gasteiger partial charge in [-0.3, -0.25) is 4.79 Å². The van der Waals surface area contributed by atoms with Crippen LogP contribution in [0.1, 0.15) is 28.8 Å². The molecular formula is C19H17F3N4OS2. The van der Waals surface area contributed by atoms with Crippen molar-refractivity contribution in [3.8, 4) is 0 Å². The Morgan fingerprint density at radius 2 is 1.90 bits per heavy atom. The molecule has 0 spiro atoms. The summed E-state index contributed by atoms with van der Waals surface area (Å²) in [7, 11) is 0. The third-order valence-electron chi connectivity index (χ3n) is 4.65. The monoisotopic (exact) mass is 438 g/mol. The molecule has 152 valence electrons. The summed E-state index contributed by atoms with van der Waals surface area (Å²) in [4.78, 5) is 23.2. The zero-order valence-electron chi connectivity index (χ0n) is 15.2. The van der Waals surface area contributed by atoms with Crippen molar-refractivity contribution in [1.82, 2.24) is 9.97 Å². The van der Waals surface area contributed by atoms with E-state index in [0.29, 0.717) is 16.7 Å². The van der Waals surface area contributed by atoms with Gasteiger partial charge in [0.15, 0.2) is 5.16 Å². The van der Waals surface area contributed by atoms with E-state index in [1.807, 2.05) is 0 Å². The van der Waals surface area contributed by atoms with Crippen LogP contribution in [-0.4, -0.2) is 21.6 Å². The van der Waals surface area contributed by atoms with Gasteiger partial charge in [0, 0.05) is 10.6 Å². The van der Waals surface area contributed by atoms with Crippen LogP contribution in [0, 0.1) is 0 Å². The van der Waals surface area contributed by atoms with Gasteiger partial charge in [-0.25, -0.2) is 9.97 Å². The maximum atomic E-state index is 12.6. The van der Waals surface area contributed by atoms with E-state index < -0.39 is 11.7 Å². The summed E-state index contributed by atoms with van der Waals surface area (Å²) >= 11 is 2.77. The highest BCUT2D eigenvalue weighted by molar-refractivity contribution is 7.99. The lowest BCUT2D eigenvalue weighted by Gasteiger charge is -2.10. The average molecular weight is 439 g/mol. The minimum atomic E-state index is -4.41. The number of nitrogens with two attached hydrogens (primary N) is 1. The first-order chi connectivity index (χ1) is 13.8. The normalized spacial score (nSPS) is 14.0. The first kappa shape index (κ1) is 20.0. The van der Waals surface area contributed by atoms with Gasteiger partial charge in [0.05, 0.1) is 16.7 Å². The number of carbonyl (C=O) groups is 1. The van der Waals surface area contributed by atoms with Crippen molar-refractivity contribution >= 4 is 50.7 Å². The number of aromatic nitrogens is 2. The van der Waals surface area contributed by atoms with Gasteiger partial charge in [0.2, 0.25) is 5.91 Å². The van der Waals surface area contributed by atoms with Gasteiger partial charge in [0.1, 0.15) is 10.6 Å². The van der Waals surface area contributed by atoms with Crippen molar-refractivity contribution < 1.29 is 18.0 Å². The number of halogens is 3. The molecule has 1 aliphatic rings. The zero-order valence-corrected chi connectivity index (χ0v) is 16.8. The third-order valence-corrected chi connectivity index (χ3v) is 6.68. The summed E-state index contributed by atoms with van der Waals surface area (Å²) in [6.45, 7) is 0. The first-order valence-electron chi connectivity index (χ1n) is 8.99. The first-order valence-corrected chi connectivity index (χ1v) is 10.8. The molecule has 10 heteroatoms. The number of nitrogens with one attached hydrogen (secondary N) is 1. The number of hydrogen-bond acceptors (Lipinski definition) is 6.